The maximum Gasteiger partial charge on any atom is 0.258 e. The van der Waals surface area contributed by atoms with Gasteiger partial charge in [0.25, 0.3) is 17.7 Å². The van der Waals surface area contributed by atoms with Crippen LogP contribution in [0.25, 0.3) is 0 Å². The molecular formula is C21H26N2O4. The Hall–Kier alpha value is -2.76. The molecule has 1 aromatic carbocycles. The first-order valence-electron chi connectivity index (χ1n) is 8.87. The fraction of sp³-hybridized carbons (Fsp3) is 0.429. The number of imide groups is 1. The Morgan fingerprint density at radius 1 is 1.11 bits per heavy atom. The van der Waals surface area contributed by atoms with Crippen LogP contribution in [0.5, 0.6) is 0 Å². The van der Waals surface area contributed by atoms with Crippen molar-refractivity contribution < 1.29 is 19.2 Å². The van der Waals surface area contributed by atoms with E-state index in [0.29, 0.717) is 24.1 Å². The fourth-order valence-corrected chi connectivity index (χ4v) is 3.71. The number of carbonyl (C=O) groups is 4. The molecule has 0 unspecified atom stereocenters. The molecule has 3 amide bonds. The van der Waals surface area contributed by atoms with E-state index in [0.717, 1.165) is 16.7 Å². The average Bonchev–Trinajstić information content (AvgIpc) is 2.92. The molecule has 144 valence electrons. The molecule has 0 saturated heterocycles. The first kappa shape index (κ1) is 20.6. The number of aldehydes is 1. The Bertz CT molecular complexity index is 803. The molecule has 0 saturated carbocycles. The quantitative estimate of drug-likeness (QED) is 0.591. The van der Waals surface area contributed by atoms with Gasteiger partial charge in [-0.1, -0.05) is 33.8 Å². The average molecular weight is 370 g/mol. The minimum atomic E-state index is -0.462. The van der Waals surface area contributed by atoms with E-state index in [2.05, 4.69) is 19.2 Å². The molecule has 0 aliphatic carbocycles. The van der Waals surface area contributed by atoms with Gasteiger partial charge in [-0.25, -0.2) is 4.90 Å². The second-order valence-electron chi connectivity index (χ2n) is 8.39. The number of nitrogens with zero attached hydrogens (tertiary/aromatic N) is 1. The van der Waals surface area contributed by atoms with Crippen LogP contribution in [-0.2, 0) is 20.8 Å². The van der Waals surface area contributed by atoms with Gasteiger partial charge in [-0.15, -0.1) is 0 Å². The summed E-state index contributed by atoms with van der Waals surface area (Å²) in [6.07, 6.45) is 4.61. The van der Waals surface area contributed by atoms with Crippen LogP contribution in [0.1, 0.15) is 50.0 Å². The van der Waals surface area contributed by atoms with Crippen LogP contribution in [0.3, 0.4) is 0 Å². The van der Waals surface area contributed by atoms with Crippen molar-refractivity contribution >= 4 is 29.7 Å². The number of benzene rings is 1. The topological polar surface area (TPSA) is 83.6 Å². The molecule has 0 radical (unpaired) electrons. The molecule has 1 heterocycles. The largest absolute Gasteiger partial charge is 0.355 e. The van der Waals surface area contributed by atoms with Gasteiger partial charge in [0, 0.05) is 30.2 Å². The molecule has 0 fully saturated rings. The third-order valence-corrected chi connectivity index (χ3v) is 4.55. The Kier molecular flexibility index (Phi) is 5.68. The minimum absolute atomic E-state index is 0.227. The van der Waals surface area contributed by atoms with Crippen LogP contribution >= 0.6 is 0 Å². The lowest BCUT2D eigenvalue weighted by molar-refractivity contribution is -0.120. The molecule has 1 N–H and O–H groups in total. The van der Waals surface area contributed by atoms with Gasteiger partial charge in [0.05, 0.1) is 5.69 Å². The van der Waals surface area contributed by atoms with Crippen LogP contribution in [0.2, 0.25) is 0 Å². The second kappa shape index (κ2) is 7.47. The summed E-state index contributed by atoms with van der Waals surface area (Å²) in [5.41, 5.74) is 0.895. The fourth-order valence-electron chi connectivity index (χ4n) is 3.71. The summed E-state index contributed by atoms with van der Waals surface area (Å²) >= 11 is 0. The van der Waals surface area contributed by atoms with E-state index in [-0.39, 0.29) is 11.3 Å². The van der Waals surface area contributed by atoms with E-state index in [1.807, 2.05) is 13.8 Å². The highest BCUT2D eigenvalue weighted by atomic mass is 16.2. The third-order valence-electron chi connectivity index (χ3n) is 4.55. The van der Waals surface area contributed by atoms with Gasteiger partial charge in [0.2, 0.25) is 0 Å². The van der Waals surface area contributed by atoms with Crippen molar-refractivity contribution in [1.29, 1.82) is 0 Å². The monoisotopic (exact) mass is 370 g/mol. The lowest BCUT2D eigenvalue weighted by Crippen LogP contribution is -2.31. The minimum Gasteiger partial charge on any atom is -0.355 e. The van der Waals surface area contributed by atoms with Crippen molar-refractivity contribution in [1.82, 2.24) is 5.32 Å². The number of amides is 3. The van der Waals surface area contributed by atoms with Crippen molar-refractivity contribution in [3.8, 4) is 0 Å². The summed E-state index contributed by atoms with van der Waals surface area (Å²) in [7, 11) is 1.53. The van der Waals surface area contributed by atoms with Gasteiger partial charge in [-0.05, 0) is 36.0 Å². The summed E-state index contributed by atoms with van der Waals surface area (Å²) in [6.45, 7) is 7.89. The zero-order chi connectivity index (χ0) is 20.4. The summed E-state index contributed by atoms with van der Waals surface area (Å²) in [5, 5.41) is 2.61. The molecule has 0 bridgehead atoms. The Morgan fingerprint density at radius 3 is 2.22 bits per heavy atom. The van der Waals surface area contributed by atoms with E-state index in [1.165, 1.54) is 19.2 Å². The van der Waals surface area contributed by atoms with Crippen LogP contribution < -0.4 is 10.2 Å². The lowest BCUT2D eigenvalue weighted by atomic mass is 9.72. The number of hydrogen-bond acceptors (Lipinski definition) is 4. The first-order chi connectivity index (χ1) is 12.5. The Morgan fingerprint density at radius 2 is 1.70 bits per heavy atom. The highest BCUT2D eigenvalue weighted by Crippen LogP contribution is 2.36. The molecule has 6 nitrogen and oxygen atoms in total. The van der Waals surface area contributed by atoms with Gasteiger partial charge in [-0.2, -0.15) is 0 Å². The maximum atomic E-state index is 12.4. The molecular weight excluding hydrogens is 344 g/mol. The van der Waals surface area contributed by atoms with E-state index in [9.17, 15) is 19.2 Å². The normalized spacial score (nSPS) is 14.6. The summed E-state index contributed by atoms with van der Waals surface area (Å²) in [6, 6.07) is 5.01. The molecule has 0 aromatic heterocycles. The molecule has 6 heteroatoms. The van der Waals surface area contributed by atoms with Crippen LogP contribution in [-0.4, -0.2) is 31.1 Å². The zero-order valence-electron chi connectivity index (χ0n) is 16.5. The van der Waals surface area contributed by atoms with E-state index < -0.39 is 17.2 Å². The Balaban J connectivity index is 2.39. The predicted octanol–water partition coefficient (Wildman–Crippen LogP) is 2.66. The first-order valence-corrected chi connectivity index (χ1v) is 8.87. The van der Waals surface area contributed by atoms with Gasteiger partial charge in [-0.3, -0.25) is 14.4 Å². The number of carbonyl (C=O) groups excluding carboxylic acids is 4. The summed E-state index contributed by atoms with van der Waals surface area (Å²) in [5.74, 6) is -1.14. The van der Waals surface area contributed by atoms with E-state index >= 15 is 0 Å². The molecule has 1 aliphatic rings. The van der Waals surface area contributed by atoms with Gasteiger partial charge >= 0.3 is 0 Å². The van der Waals surface area contributed by atoms with Gasteiger partial charge in [0.15, 0.2) is 0 Å². The second-order valence-corrected chi connectivity index (χ2v) is 8.39. The maximum absolute atomic E-state index is 12.4. The molecule has 1 aliphatic heterocycles. The summed E-state index contributed by atoms with van der Waals surface area (Å²) in [4.78, 5) is 48.6. The SMILES string of the molecule is CNC(=O)c1cc(N2C(=O)C=CC2=O)ccc1CC(C)(C)CC(C)(C)C=O. The van der Waals surface area contributed by atoms with Crippen molar-refractivity contribution in [3.63, 3.8) is 0 Å². The molecule has 27 heavy (non-hydrogen) atoms. The van der Waals surface area contributed by atoms with E-state index in [1.54, 1.807) is 18.2 Å². The predicted molar refractivity (Wildman–Crippen MR) is 103 cm³/mol. The van der Waals surface area contributed by atoms with Crippen molar-refractivity contribution in [3.05, 3.63) is 41.5 Å². The van der Waals surface area contributed by atoms with Crippen molar-refractivity contribution in [2.24, 2.45) is 10.8 Å². The van der Waals surface area contributed by atoms with Crippen molar-refractivity contribution in [2.45, 2.75) is 40.5 Å². The highest BCUT2D eigenvalue weighted by molar-refractivity contribution is 6.28. The van der Waals surface area contributed by atoms with Gasteiger partial charge in [0.1, 0.15) is 6.29 Å². The van der Waals surface area contributed by atoms with E-state index in [4.69, 9.17) is 0 Å². The number of rotatable bonds is 7. The number of nitrogens with one attached hydrogen (secondary N) is 1. The smallest absolute Gasteiger partial charge is 0.258 e. The van der Waals surface area contributed by atoms with Crippen LogP contribution in [0.4, 0.5) is 5.69 Å². The van der Waals surface area contributed by atoms with Crippen LogP contribution in [0.15, 0.2) is 30.4 Å². The Labute approximate surface area is 159 Å². The summed E-state index contributed by atoms with van der Waals surface area (Å²) < 4.78 is 0. The highest BCUT2D eigenvalue weighted by Gasteiger charge is 2.31. The molecule has 1 aromatic rings. The van der Waals surface area contributed by atoms with Gasteiger partial charge < -0.3 is 10.1 Å². The van der Waals surface area contributed by atoms with Crippen LogP contribution in [0, 0.1) is 10.8 Å². The van der Waals surface area contributed by atoms with Crippen molar-refractivity contribution in [2.75, 3.05) is 11.9 Å². The third kappa shape index (κ3) is 4.70. The molecule has 0 atom stereocenters. The number of anilines is 1. The lowest BCUT2D eigenvalue weighted by Gasteiger charge is -2.32. The molecule has 2 rings (SSSR count). The standard InChI is InChI=1S/C21H26N2O4/c1-20(2,12-21(3,4)13-24)11-14-6-7-15(10-16(14)19(27)22-5)23-17(25)8-9-18(23)26/h6-10,13H,11-12H2,1-5H3,(H,22,27). The zero-order valence-corrected chi connectivity index (χ0v) is 16.5. The number of hydrogen-bond donors (Lipinski definition) is 1. The molecule has 0 spiro atoms.